The highest BCUT2D eigenvalue weighted by Crippen LogP contribution is 2.38. The molecule has 0 aliphatic heterocycles. The lowest BCUT2D eigenvalue weighted by atomic mass is 10.0. The summed E-state index contributed by atoms with van der Waals surface area (Å²) in [5.41, 5.74) is 0.461. The van der Waals surface area contributed by atoms with Gasteiger partial charge >= 0.3 is 0 Å². The molecule has 0 aliphatic carbocycles. The minimum atomic E-state index is -0.734. The molecule has 0 heterocycles. The summed E-state index contributed by atoms with van der Waals surface area (Å²) in [5, 5.41) is 12.0. The molecular formula is C15H9Br2Cl2NO3. The summed E-state index contributed by atoms with van der Waals surface area (Å²) in [7, 11) is 0. The predicted octanol–water partition coefficient (Wildman–Crippen LogP) is 5.98. The van der Waals surface area contributed by atoms with E-state index in [-0.39, 0.29) is 11.3 Å². The average Bonchev–Trinajstić information content (AvgIpc) is 2.52. The molecular weight excluding hydrogens is 473 g/mol. The van der Waals surface area contributed by atoms with Crippen LogP contribution in [0.4, 0.5) is 5.69 Å². The van der Waals surface area contributed by atoms with E-state index in [9.17, 15) is 14.9 Å². The number of Topliss-reactive ketones (excluding diaryl/α,β-unsaturated/α-hetero) is 1. The molecule has 0 N–H and O–H groups in total. The van der Waals surface area contributed by atoms with E-state index in [0.29, 0.717) is 15.6 Å². The van der Waals surface area contributed by atoms with Gasteiger partial charge in [-0.25, -0.2) is 0 Å². The number of hydrogen-bond donors (Lipinski definition) is 0. The summed E-state index contributed by atoms with van der Waals surface area (Å²) >= 11 is 18.7. The number of rotatable bonds is 5. The Morgan fingerprint density at radius 3 is 2.39 bits per heavy atom. The summed E-state index contributed by atoms with van der Waals surface area (Å²) in [6.07, 6.45) is 0. The van der Waals surface area contributed by atoms with Gasteiger partial charge in [0.05, 0.1) is 20.1 Å². The van der Waals surface area contributed by atoms with Crippen LogP contribution in [0.25, 0.3) is 0 Å². The number of halogens is 4. The van der Waals surface area contributed by atoms with Gasteiger partial charge < -0.3 is 0 Å². The summed E-state index contributed by atoms with van der Waals surface area (Å²) in [5.74, 6) is -0.412. The number of hydrogen-bond acceptors (Lipinski definition) is 3. The van der Waals surface area contributed by atoms with Crippen molar-refractivity contribution in [2.24, 2.45) is 0 Å². The fourth-order valence-corrected chi connectivity index (χ4v) is 3.83. The van der Waals surface area contributed by atoms with E-state index in [1.54, 1.807) is 24.3 Å². The third-order valence-electron chi connectivity index (χ3n) is 3.13. The van der Waals surface area contributed by atoms with Crippen molar-refractivity contribution in [1.29, 1.82) is 0 Å². The van der Waals surface area contributed by atoms with E-state index >= 15 is 0 Å². The van der Waals surface area contributed by atoms with Crippen molar-refractivity contribution in [1.82, 2.24) is 0 Å². The second-order valence-electron chi connectivity index (χ2n) is 4.61. The quantitative estimate of drug-likeness (QED) is 0.228. The zero-order chi connectivity index (χ0) is 17.1. The molecule has 0 radical (unpaired) electrons. The topological polar surface area (TPSA) is 60.2 Å². The molecule has 2 aromatic rings. The molecule has 0 aliphatic rings. The Bertz CT molecular complexity index is 770. The van der Waals surface area contributed by atoms with Gasteiger partial charge in [0.25, 0.3) is 5.69 Å². The predicted molar refractivity (Wildman–Crippen MR) is 98.3 cm³/mol. The van der Waals surface area contributed by atoms with Gasteiger partial charge in [0, 0.05) is 16.1 Å². The van der Waals surface area contributed by atoms with Crippen LogP contribution in [0.15, 0.2) is 42.5 Å². The van der Waals surface area contributed by atoms with Crippen molar-refractivity contribution in [2.75, 3.05) is 0 Å². The highest BCUT2D eigenvalue weighted by Gasteiger charge is 2.31. The number of nitrogens with zero attached hydrogens (tertiary/aromatic N) is 1. The lowest BCUT2D eigenvalue weighted by molar-refractivity contribution is -0.385. The van der Waals surface area contributed by atoms with Crippen LogP contribution in [0, 0.1) is 10.1 Å². The maximum atomic E-state index is 12.6. The Hall–Kier alpha value is -0.950. The van der Waals surface area contributed by atoms with Gasteiger partial charge in [-0.3, -0.25) is 14.9 Å². The van der Waals surface area contributed by atoms with Crippen LogP contribution in [0.5, 0.6) is 0 Å². The lowest BCUT2D eigenvalue weighted by Crippen LogP contribution is -2.20. The molecule has 120 valence electrons. The molecule has 0 spiro atoms. The Labute approximate surface area is 159 Å². The summed E-state index contributed by atoms with van der Waals surface area (Å²) in [6, 6.07) is 10.8. The van der Waals surface area contributed by atoms with E-state index in [4.69, 9.17) is 23.2 Å². The maximum absolute atomic E-state index is 12.6. The van der Waals surface area contributed by atoms with Crippen molar-refractivity contribution in [3.8, 4) is 0 Å². The van der Waals surface area contributed by atoms with Gasteiger partial charge in [-0.2, -0.15) is 0 Å². The SMILES string of the molecule is O=C(c1ccccc1[N+](=O)[O-])C(Br)C(Br)c1ccc(Cl)cc1Cl. The van der Waals surface area contributed by atoms with Gasteiger partial charge in [-0.15, -0.1) is 0 Å². The zero-order valence-electron chi connectivity index (χ0n) is 11.4. The highest BCUT2D eigenvalue weighted by atomic mass is 79.9. The molecule has 0 fully saturated rings. The molecule has 2 aromatic carbocycles. The Morgan fingerprint density at radius 2 is 1.78 bits per heavy atom. The molecule has 0 amide bonds. The number of alkyl halides is 2. The van der Waals surface area contributed by atoms with Crippen molar-refractivity contribution >= 4 is 66.5 Å². The van der Waals surface area contributed by atoms with Crippen molar-refractivity contribution in [3.05, 3.63) is 73.8 Å². The molecule has 2 rings (SSSR count). The van der Waals surface area contributed by atoms with Crippen molar-refractivity contribution in [2.45, 2.75) is 9.65 Å². The van der Waals surface area contributed by atoms with Gasteiger partial charge in [-0.05, 0) is 23.8 Å². The van der Waals surface area contributed by atoms with Crippen LogP contribution in [0.1, 0.15) is 20.7 Å². The van der Waals surface area contributed by atoms with Crippen LogP contribution in [-0.4, -0.2) is 15.5 Å². The smallest absolute Gasteiger partial charge is 0.280 e. The second kappa shape index (κ2) is 7.75. The normalized spacial score (nSPS) is 13.4. The molecule has 0 saturated carbocycles. The minimum absolute atomic E-state index is 0.0360. The summed E-state index contributed by atoms with van der Waals surface area (Å²) < 4.78 is 0. The fourth-order valence-electron chi connectivity index (χ4n) is 2.01. The van der Waals surface area contributed by atoms with Crippen LogP contribution >= 0.6 is 55.1 Å². The van der Waals surface area contributed by atoms with Crippen LogP contribution in [0.2, 0.25) is 10.0 Å². The van der Waals surface area contributed by atoms with Crippen LogP contribution < -0.4 is 0 Å². The largest absolute Gasteiger partial charge is 0.293 e. The van der Waals surface area contributed by atoms with Crippen LogP contribution in [0.3, 0.4) is 0 Å². The van der Waals surface area contributed by atoms with Gasteiger partial charge in [0.1, 0.15) is 0 Å². The van der Waals surface area contributed by atoms with E-state index in [1.165, 1.54) is 18.2 Å². The zero-order valence-corrected chi connectivity index (χ0v) is 16.1. The Kier molecular flexibility index (Phi) is 6.19. The number of carbonyl (C=O) groups is 1. The standard InChI is InChI=1S/C15H9Br2Cl2NO3/c16-13(9-6-5-8(18)7-11(9)19)14(17)15(21)10-3-1-2-4-12(10)20(22)23/h1-7,13-14H. The molecule has 8 heteroatoms. The van der Waals surface area contributed by atoms with E-state index in [0.717, 1.165) is 0 Å². The molecule has 2 unspecified atom stereocenters. The molecule has 4 nitrogen and oxygen atoms in total. The molecule has 0 aromatic heterocycles. The maximum Gasteiger partial charge on any atom is 0.280 e. The Morgan fingerprint density at radius 1 is 1.13 bits per heavy atom. The van der Waals surface area contributed by atoms with Gasteiger partial charge in [0.15, 0.2) is 5.78 Å². The second-order valence-corrected chi connectivity index (χ2v) is 7.42. The fraction of sp³-hybridized carbons (Fsp3) is 0.133. The first-order valence-electron chi connectivity index (χ1n) is 6.33. The van der Waals surface area contributed by atoms with Gasteiger partial charge in [-0.1, -0.05) is 73.3 Å². The molecule has 0 bridgehead atoms. The first kappa shape index (κ1) is 18.4. The first-order chi connectivity index (χ1) is 10.8. The minimum Gasteiger partial charge on any atom is -0.293 e. The number of carbonyl (C=O) groups excluding carboxylic acids is 1. The monoisotopic (exact) mass is 479 g/mol. The Balaban J connectivity index is 2.34. The third kappa shape index (κ3) is 4.12. The number of para-hydroxylation sites is 1. The number of nitro benzene ring substituents is 1. The number of nitro groups is 1. The first-order valence-corrected chi connectivity index (χ1v) is 8.92. The highest BCUT2D eigenvalue weighted by molar-refractivity contribution is 9.12. The van der Waals surface area contributed by atoms with Crippen LogP contribution in [-0.2, 0) is 0 Å². The van der Waals surface area contributed by atoms with Crippen molar-refractivity contribution < 1.29 is 9.72 Å². The van der Waals surface area contributed by atoms with E-state index in [2.05, 4.69) is 31.9 Å². The molecule has 0 saturated heterocycles. The average molecular weight is 482 g/mol. The number of ketones is 1. The molecule has 23 heavy (non-hydrogen) atoms. The third-order valence-corrected chi connectivity index (χ3v) is 6.37. The van der Waals surface area contributed by atoms with Gasteiger partial charge in [0.2, 0.25) is 0 Å². The lowest BCUT2D eigenvalue weighted by Gasteiger charge is -2.17. The summed E-state index contributed by atoms with van der Waals surface area (Å²) in [4.78, 5) is 21.9. The molecule has 2 atom stereocenters. The summed E-state index contributed by atoms with van der Waals surface area (Å²) in [6.45, 7) is 0. The number of benzene rings is 2. The van der Waals surface area contributed by atoms with E-state index in [1.807, 2.05) is 0 Å². The van der Waals surface area contributed by atoms with Crippen molar-refractivity contribution in [3.63, 3.8) is 0 Å². The van der Waals surface area contributed by atoms with E-state index < -0.39 is 20.4 Å².